The molecular weight excluding hydrogens is 492 g/mol. The van der Waals surface area contributed by atoms with Crippen LogP contribution in [0.4, 0.5) is 10.8 Å². The number of nitrogens with one attached hydrogen (secondary N) is 1. The van der Waals surface area contributed by atoms with Crippen molar-refractivity contribution in [2.75, 3.05) is 21.9 Å². The predicted molar refractivity (Wildman–Crippen MR) is 127 cm³/mol. The van der Waals surface area contributed by atoms with Crippen LogP contribution in [-0.4, -0.2) is 42.9 Å². The van der Waals surface area contributed by atoms with Crippen LogP contribution in [0.15, 0.2) is 51.7 Å². The van der Waals surface area contributed by atoms with Crippen LogP contribution in [-0.2, 0) is 14.8 Å². The zero-order valence-electron chi connectivity index (χ0n) is 17.1. The maximum Gasteiger partial charge on any atom is 0.269 e. The van der Waals surface area contributed by atoms with Gasteiger partial charge in [-0.25, -0.2) is 8.42 Å². The quantitative estimate of drug-likeness (QED) is 0.391. The number of halogens is 1. The molecule has 1 atom stereocenters. The second kappa shape index (κ2) is 9.26. The van der Waals surface area contributed by atoms with Crippen molar-refractivity contribution in [1.82, 2.24) is 10.2 Å². The first-order valence-corrected chi connectivity index (χ1v) is 13.2. The summed E-state index contributed by atoms with van der Waals surface area (Å²) in [6.45, 7) is 3.65. The maximum atomic E-state index is 13.4. The van der Waals surface area contributed by atoms with Gasteiger partial charge in [-0.05, 0) is 43.0 Å². The fraction of sp³-hybridized carbons (Fsp3) is 0.250. The Bertz CT molecular complexity index is 1250. The van der Waals surface area contributed by atoms with E-state index < -0.39 is 22.0 Å². The fourth-order valence-electron chi connectivity index (χ4n) is 3.05. The number of ether oxygens (including phenoxy) is 1. The second-order valence-corrected chi connectivity index (χ2v) is 11.7. The molecular formula is C20H19ClN4O4S3. The van der Waals surface area contributed by atoms with Gasteiger partial charge in [0.15, 0.2) is 10.4 Å². The molecule has 2 aromatic carbocycles. The minimum atomic E-state index is -3.97. The highest BCUT2D eigenvalue weighted by Crippen LogP contribution is 2.39. The number of thioether (sulfide) groups is 1. The number of nitrogens with zero attached hydrogens (tertiary/aromatic N) is 3. The number of carbonyl (C=O) groups is 1. The number of carbonyl (C=O) groups excluding carboxylic acids is 1. The van der Waals surface area contributed by atoms with Gasteiger partial charge in [0, 0.05) is 5.02 Å². The molecule has 168 valence electrons. The molecule has 2 heterocycles. The number of aromatic nitrogens is 2. The summed E-state index contributed by atoms with van der Waals surface area (Å²) in [5, 5.41) is 11.3. The Kier molecular flexibility index (Phi) is 6.61. The Morgan fingerprint density at radius 3 is 2.75 bits per heavy atom. The molecule has 4 rings (SSSR count). The van der Waals surface area contributed by atoms with Crippen LogP contribution < -0.4 is 14.4 Å². The third-order valence-electron chi connectivity index (χ3n) is 4.60. The molecule has 1 amide bonds. The molecule has 0 spiro atoms. The highest BCUT2D eigenvalue weighted by molar-refractivity contribution is 8.01. The lowest BCUT2D eigenvalue weighted by Crippen LogP contribution is -2.48. The molecule has 0 saturated heterocycles. The van der Waals surface area contributed by atoms with E-state index in [1.807, 2.05) is 13.8 Å². The van der Waals surface area contributed by atoms with Crippen molar-refractivity contribution < 1.29 is 17.9 Å². The van der Waals surface area contributed by atoms with Crippen molar-refractivity contribution in [3.05, 3.63) is 53.1 Å². The largest absolute Gasteiger partial charge is 0.476 e. The molecule has 1 aliphatic heterocycles. The molecule has 0 fully saturated rings. The van der Waals surface area contributed by atoms with Crippen LogP contribution in [0.5, 0.6) is 5.75 Å². The normalized spacial score (nSPS) is 15.7. The van der Waals surface area contributed by atoms with Gasteiger partial charge in [0.05, 0.1) is 17.1 Å². The van der Waals surface area contributed by atoms with E-state index in [1.54, 1.807) is 24.3 Å². The molecule has 0 bridgehead atoms. The number of sulfonamides is 1. The first-order chi connectivity index (χ1) is 15.3. The van der Waals surface area contributed by atoms with Gasteiger partial charge in [-0.15, -0.1) is 10.2 Å². The Morgan fingerprint density at radius 2 is 2.03 bits per heavy atom. The number of amides is 1. The number of benzene rings is 2. The van der Waals surface area contributed by atoms with Crippen LogP contribution in [0.2, 0.25) is 5.02 Å². The van der Waals surface area contributed by atoms with Crippen molar-refractivity contribution in [3.63, 3.8) is 0 Å². The third kappa shape index (κ3) is 4.70. The number of fused-ring (bicyclic) bond motifs is 1. The molecule has 12 heteroatoms. The van der Waals surface area contributed by atoms with E-state index in [-0.39, 0.29) is 22.9 Å². The molecule has 8 nitrogen and oxygen atoms in total. The number of rotatable bonds is 6. The molecule has 0 saturated carbocycles. The Morgan fingerprint density at radius 1 is 1.28 bits per heavy atom. The number of hydrogen-bond acceptors (Lipinski definition) is 8. The smallest absolute Gasteiger partial charge is 0.269 e. The molecule has 0 unspecified atom stereocenters. The van der Waals surface area contributed by atoms with Crippen LogP contribution in [0.3, 0.4) is 0 Å². The zero-order valence-corrected chi connectivity index (χ0v) is 20.3. The first-order valence-electron chi connectivity index (χ1n) is 9.60. The van der Waals surface area contributed by atoms with Crippen molar-refractivity contribution in [2.24, 2.45) is 0 Å². The third-order valence-corrected chi connectivity index (χ3v) is 8.48. The highest BCUT2D eigenvalue weighted by Gasteiger charge is 2.38. The fourth-order valence-corrected chi connectivity index (χ4v) is 6.34. The zero-order chi connectivity index (χ0) is 22.9. The minimum absolute atomic E-state index is 0.112. The van der Waals surface area contributed by atoms with E-state index >= 15 is 0 Å². The van der Waals surface area contributed by atoms with Gasteiger partial charge in [-0.2, -0.15) is 0 Å². The molecule has 1 aromatic heterocycles. The van der Waals surface area contributed by atoms with E-state index in [9.17, 15) is 13.2 Å². The van der Waals surface area contributed by atoms with Gasteiger partial charge in [-0.1, -0.05) is 59.3 Å². The topological polar surface area (TPSA) is 101 Å². The summed E-state index contributed by atoms with van der Waals surface area (Å²) in [6, 6.07) is 11.2. The summed E-state index contributed by atoms with van der Waals surface area (Å²) in [5.74, 6) is 0.564. The van der Waals surface area contributed by atoms with Crippen LogP contribution >= 0.6 is 34.7 Å². The average Bonchev–Trinajstić information content (AvgIpc) is 3.20. The van der Waals surface area contributed by atoms with E-state index in [2.05, 4.69) is 15.5 Å². The van der Waals surface area contributed by atoms with Crippen molar-refractivity contribution in [1.29, 1.82) is 0 Å². The highest BCUT2D eigenvalue weighted by atomic mass is 35.5. The van der Waals surface area contributed by atoms with Crippen LogP contribution in [0.1, 0.15) is 12.5 Å². The van der Waals surface area contributed by atoms with Gasteiger partial charge in [0.1, 0.15) is 5.75 Å². The van der Waals surface area contributed by atoms with E-state index in [0.29, 0.717) is 10.2 Å². The van der Waals surface area contributed by atoms with Crippen molar-refractivity contribution in [2.45, 2.75) is 29.2 Å². The Balaban J connectivity index is 1.65. The summed E-state index contributed by atoms with van der Waals surface area (Å²) < 4.78 is 34.6. The van der Waals surface area contributed by atoms with Gasteiger partial charge in [0.2, 0.25) is 5.13 Å². The summed E-state index contributed by atoms with van der Waals surface area (Å²) >= 11 is 8.88. The van der Waals surface area contributed by atoms with Gasteiger partial charge < -0.3 is 4.74 Å². The number of hydrogen-bond donors (Lipinski definition) is 1. The van der Waals surface area contributed by atoms with Gasteiger partial charge in [-0.3, -0.25) is 14.4 Å². The Labute approximate surface area is 199 Å². The lowest BCUT2D eigenvalue weighted by atomic mass is 10.2. The van der Waals surface area contributed by atoms with E-state index in [4.69, 9.17) is 16.3 Å². The molecule has 0 aliphatic carbocycles. The lowest BCUT2D eigenvalue weighted by Gasteiger charge is -2.34. The van der Waals surface area contributed by atoms with Gasteiger partial charge in [0.25, 0.3) is 15.9 Å². The monoisotopic (exact) mass is 510 g/mol. The maximum absolute atomic E-state index is 13.4. The summed E-state index contributed by atoms with van der Waals surface area (Å²) in [6.07, 6.45) is -1.09. The lowest BCUT2D eigenvalue weighted by molar-refractivity contribution is -0.122. The molecule has 32 heavy (non-hydrogen) atoms. The van der Waals surface area contributed by atoms with E-state index in [0.717, 1.165) is 20.0 Å². The van der Waals surface area contributed by atoms with Gasteiger partial charge >= 0.3 is 0 Å². The summed E-state index contributed by atoms with van der Waals surface area (Å²) in [4.78, 5) is 13.0. The summed E-state index contributed by atoms with van der Waals surface area (Å²) in [7, 11) is -3.97. The minimum Gasteiger partial charge on any atom is -0.476 e. The number of aryl methyl sites for hydroxylation is 1. The summed E-state index contributed by atoms with van der Waals surface area (Å²) in [5.41, 5.74) is 1.21. The molecule has 1 aliphatic rings. The molecule has 1 N–H and O–H groups in total. The first kappa shape index (κ1) is 22.8. The average molecular weight is 511 g/mol. The predicted octanol–water partition coefficient (Wildman–Crippen LogP) is 4.21. The molecule has 0 radical (unpaired) electrons. The van der Waals surface area contributed by atoms with Crippen LogP contribution in [0, 0.1) is 6.92 Å². The second-order valence-electron chi connectivity index (χ2n) is 6.86. The SMILES string of the molecule is CCSc1nnc(NC(=O)[C@H]2CN(S(=O)(=O)c3ccc(C)cc3)c3cc(Cl)ccc3O2)s1. The Hall–Kier alpha value is -2.34. The van der Waals surface area contributed by atoms with Crippen molar-refractivity contribution >= 4 is 61.4 Å². The molecule has 3 aromatic rings. The van der Waals surface area contributed by atoms with Crippen molar-refractivity contribution in [3.8, 4) is 5.75 Å². The standard InChI is InChI=1S/C20H19ClN4O4S3/c1-3-30-20-24-23-19(31-20)22-18(26)17-11-25(15-10-13(21)6-9-16(15)29-17)32(27,28)14-7-4-12(2)5-8-14/h4-10,17H,3,11H2,1-2H3,(H,22,23,26)/t17-/m1/s1. The van der Waals surface area contributed by atoms with E-state index in [1.165, 1.54) is 41.3 Å². The number of anilines is 2. The van der Waals surface area contributed by atoms with Crippen LogP contribution in [0.25, 0.3) is 0 Å².